The largest absolute Gasteiger partial charge is 0.407 e. The quantitative estimate of drug-likeness (QED) is 0.788. The van der Waals surface area contributed by atoms with Crippen LogP contribution in [0.5, 0.6) is 0 Å². The van der Waals surface area contributed by atoms with Crippen molar-refractivity contribution in [1.29, 1.82) is 0 Å². The van der Waals surface area contributed by atoms with Crippen molar-refractivity contribution in [3.8, 4) is 0 Å². The van der Waals surface area contributed by atoms with E-state index in [1.165, 1.54) is 24.1 Å². The van der Waals surface area contributed by atoms with Crippen LogP contribution in [0.25, 0.3) is 0 Å². The second-order valence-electron chi connectivity index (χ2n) is 5.20. The van der Waals surface area contributed by atoms with Gasteiger partial charge in [-0.15, -0.1) is 5.10 Å². The summed E-state index contributed by atoms with van der Waals surface area (Å²) in [5.41, 5.74) is 8.27. The molecule has 0 atom stereocenters. The first-order valence-corrected chi connectivity index (χ1v) is 7.46. The number of hydrogen-bond acceptors (Lipinski definition) is 6. The van der Waals surface area contributed by atoms with Gasteiger partial charge in [0.2, 0.25) is 5.89 Å². The van der Waals surface area contributed by atoms with Crippen LogP contribution in [0.2, 0.25) is 0 Å². The number of benzene rings is 1. The number of rotatable bonds is 6. The lowest BCUT2D eigenvalue weighted by atomic mass is 10.0. The summed E-state index contributed by atoms with van der Waals surface area (Å²) < 4.78 is 5.31. The Morgan fingerprint density at radius 1 is 1.29 bits per heavy atom. The number of aryl methyl sites for hydroxylation is 1. The number of fused-ring (bicyclic) bond motifs is 1. The maximum Gasteiger partial charge on any atom is 0.315 e. The molecular weight excluding hydrogens is 266 g/mol. The summed E-state index contributed by atoms with van der Waals surface area (Å²) in [7, 11) is 0. The topological polar surface area (TPSA) is 80.2 Å². The van der Waals surface area contributed by atoms with E-state index in [4.69, 9.17) is 10.2 Å². The fourth-order valence-corrected chi connectivity index (χ4v) is 2.72. The summed E-state index contributed by atoms with van der Waals surface area (Å²) in [4.78, 5) is 2.46. The van der Waals surface area contributed by atoms with Crippen LogP contribution in [0, 0.1) is 0 Å². The number of anilines is 2. The van der Waals surface area contributed by atoms with E-state index in [1.807, 2.05) is 0 Å². The molecule has 1 aromatic heterocycles. The van der Waals surface area contributed by atoms with Crippen molar-refractivity contribution in [3.05, 3.63) is 35.7 Å². The molecule has 3 rings (SSSR count). The third-order valence-electron chi connectivity index (χ3n) is 3.73. The first kappa shape index (κ1) is 13.9. The summed E-state index contributed by atoms with van der Waals surface area (Å²) in [5.74, 6) is 0.461. The number of nitrogens with two attached hydrogens (primary N) is 1. The van der Waals surface area contributed by atoms with E-state index in [0.717, 1.165) is 26.1 Å². The Kier molecular flexibility index (Phi) is 4.35. The SMILES string of the molecule is NCc1nnc(NCCCN2CCCc3ccccc32)o1. The van der Waals surface area contributed by atoms with E-state index >= 15 is 0 Å². The van der Waals surface area contributed by atoms with Crippen molar-refractivity contribution < 1.29 is 4.42 Å². The molecule has 0 unspecified atom stereocenters. The summed E-state index contributed by atoms with van der Waals surface area (Å²) in [6, 6.07) is 9.13. The van der Waals surface area contributed by atoms with Crippen LogP contribution in [0.15, 0.2) is 28.7 Å². The highest BCUT2D eigenvalue weighted by atomic mass is 16.4. The smallest absolute Gasteiger partial charge is 0.315 e. The molecule has 2 heterocycles. The molecule has 0 amide bonds. The fourth-order valence-electron chi connectivity index (χ4n) is 2.72. The van der Waals surface area contributed by atoms with E-state index in [2.05, 4.69) is 44.7 Å². The number of para-hydroxylation sites is 1. The van der Waals surface area contributed by atoms with Crippen molar-refractivity contribution >= 4 is 11.7 Å². The summed E-state index contributed by atoms with van der Waals surface area (Å²) in [5, 5.41) is 10.8. The highest BCUT2D eigenvalue weighted by molar-refractivity contribution is 5.55. The molecule has 3 N–H and O–H groups in total. The van der Waals surface area contributed by atoms with Gasteiger partial charge in [-0.3, -0.25) is 0 Å². The highest BCUT2D eigenvalue weighted by Crippen LogP contribution is 2.26. The lowest BCUT2D eigenvalue weighted by Gasteiger charge is -2.31. The van der Waals surface area contributed by atoms with Gasteiger partial charge >= 0.3 is 6.01 Å². The minimum absolute atomic E-state index is 0.277. The third kappa shape index (κ3) is 3.33. The van der Waals surface area contributed by atoms with E-state index in [-0.39, 0.29) is 6.54 Å². The average molecular weight is 287 g/mol. The molecule has 0 saturated carbocycles. The molecule has 0 aliphatic carbocycles. The fraction of sp³-hybridized carbons (Fsp3) is 0.467. The van der Waals surface area contributed by atoms with Crippen LogP contribution in [-0.4, -0.2) is 29.8 Å². The predicted octanol–water partition coefficient (Wildman–Crippen LogP) is 1.78. The van der Waals surface area contributed by atoms with Crippen LogP contribution < -0.4 is 16.0 Å². The van der Waals surface area contributed by atoms with Gasteiger partial charge in [-0.25, -0.2) is 0 Å². The van der Waals surface area contributed by atoms with Gasteiger partial charge in [-0.05, 0) is 30.9 Å². The first-order valence-electron chi connectivity index (χ1n) is 7.46. The minimum atomic E-state index is 0.277. The Morgan fingerprint density at radius 3 is 3.05 bits per heavy atom. The molecule has 6 heteroatoms. The van der Waals surface area contributed by atoms with Crippen molar-refractivity contribution in [2.75, 3.05) is 29.9 Å². The summed E-state index contributed by atoms with van der Waals surface area (Å²) >= 11 is 0. The van der Waals surface area contributed by atoms with Crippen molar-refractivity contribution in [1.82, 2.24) is 10.2 Å². The van der Waals surface area contributed by atoms with Crippen molar-refractivity contribution in [2.24, 2.45) is 5.73 Å². The zero-order chi connectivity index (χ0) is 14.5. The van der Waals surface area contributed by atoms with Crippen LogP contribution in [-0.2, 0) is 13.0 Å². The van der Waals surface area contributed by atoms with Crippen molar-refractivity contribution in [3.63, 3.8) is 0 Å². The van der Waals surface area contributed by atoms with E-state index < -0.39 is 0 Å². The molecule has 1 aliphatic heterocycles. The number of nitrogens with one attached hydrogen (secondary N) is 1. The Balaban J connectivity index is 1.48. The van der Waals surface area contributed by atoms with Gasteiger partial charge in [0.25, 0.3) is 0 Å². The van der Waals surface area contributed by atoms with Crippen LogP contribution in [0.4, 0.5) is 11.7 Å². The van der Waals surface area contributed by atoms with Crippen LogP contribution >= 0.6 is 0 Å². The summed E-state index contributed by atoms with van der Waals surface area (Å²) in [6.07, 6.45) is 3.44. The van der Waals surface area contributed by atoms with E-state index in [9.17, 15) is 0 Å². The molecule has 1 aliphatic rings. The lowest BCUT2D eigenvalue weighted by Crippen LogP contribution is -2.31. The summed E-state index contributed by atoms with van der Waals surface area (Å²) in [6.45, 7) is 3.25. The van der Waals surface area contributed by atoms with Gasteiger partial charge in [0.1, 0.15) is 0 Å². The number of hydrogen-bond donors (Lipinski definition) is 2. The van der Waals surface area contributed by atoms with Gasteiger partial charge in [0.05, 0.1) is 6.54 Å². The molecule has 0 spiro atoms. The predicted molar refractivity (Wildman–Crippen MR) is 82.3 cm³/mol. The second-order valence-corrected chi connectivity index (χ2v) is 5.20. The van der Waals surface area contributed by atoms with Gasteiger partial charge in [0.15, 0.2) is 0 Å². The molecule has 6 nitrogen and oxygen atoms in total. The molecule has 112 valence electrons. The monoisotopic (exact) mass is 287 g/mol. The van der Waals surface area contributed by atoms with Gasteiger partial charge in [-0.1, -0.05) is 23.3 Å². The average Bonchev–Trinajstić information content (AvgIpc) is 3.00. The van der Waals surface area contributed by atoms with Crippen LogP contribution in [0.3, 0.4) is 0 Å². The molecule has 2 aromatic rings. The van der Waals surface area contributed by atoms with Gasteiger partial charge in [0, 0.05) is 25.3 Å². The van der Waals surface area contributed by atoms with E-state index in [1.54, 1.807) is 0 Å². The molecule has 0 bridgehead atoms. The lowest BCUT2D eigenvalue weighted by molar-refractivity contribution is 0.506. The molecule has 0 fully saturated rings. The zero-order valence-electron chi connectivity index (χ0n) is 12.1. The molecule has 0 radical (unpaired) electrons. The zero-order valence-corrected chi connectivity index (χ0v) is 12.1. The third-order valence-corrected chi connectivity index (χ3v) is 3.73. The molecule has 0 saturated heterocycles. The van der Waals surface area contributed by atoms with Crippen LogP contribution in [0.1, 0.15) is 24.3 Å². The minimum Gasteiger partial charge on any atom is -0.407 e. The second kappa shape index (κ2) is 6.58. The van der Waals surface area contributed by atoms with Gasteiger partial charge < -0.3 is 20.4 Å². The maximum absolute atomic E-state index is 5.43. The molecule has 21 heavy (non-hydrogen) atoms. The molecular formula is C15H21N5O. The Bertz CT molecular complexity index is 583. The van der Waals surface area contributed by atoms with Gasteiger partial charge in [-0.2, -0.15) is 0 Å². The number of aromatic nitrogens is 2. The number of nitrogens with zero attached hydrogens (tertiary/aromatic N) is 3. The normalized spacial score (nSPS) is 14.0. The Morgan fingerprint density at radius 2 is 2.19 bits per heavy atom. The Hall–Kier alpha value is -2.08. The first-order chi connectivity index (χ1) is 10.4. The van der Waals surface area contributed by atoms with Crippen molar-refractivity contribution in [2.45, 2.75) is 25.8 Å². The maximum atomic E-state index is 5.43. The standard InChI is InChI=1S/C15H21N5O/c16-11-14-18-19-15(21-14)17-8-4-10-20-9-3-6-12-5-1-2-7-13(12)20/h1-2,5,7H,3-4,6,8-11,16H2,(H,17,19). The highest BCUT2D eigenvalue weighted by Gasteiger charge is 2.15. The molecule has 1 aromatic carbocycles. The van der Waals surface area contributed by atoms with E-state index in [0.29, 0.717) is 11.9 Å². The Labute approximate surface area is 124 Å².